The largest absolute Gasteiger partial charge is 0.508 e. The van der Waals surface area contributed by atoms with Crippen LogP contribution < -0.4 is 14.2 Å². The van der Waals surface area contributed by atoms with E-state index in [0.717, 1.165) is 37.0 Å². The lowest BCUT2D eigenvalue weighted by atomic mass is 10.3. The van der Waals surface area contributed by atoms with E-state index in [9.17, 15) is 26.7 Å². The number of aromatic hydroxyl groups is 3. The fourth-order valence-electron chi connectivity index (χ4n) is 2.45. The maximum Gasteiger partial charge on any atom is 0.349 e. The summed E-state index contributed by atoms with van der Waals surface area (Å²) in [5.41, 5.74) is -0.117. The molecule has 3 aromatic rings. The summed E-state index contributed by atoms with van der Waals surface area (Å²) in [6.45, 7) is 0. The predicted octanol–water partition coefficient (Wildman–Crippen LogP) is 2.55. The summed E-state index contributed by atoms with van der Waals surface area (Å²) in [5, 5.41) is 27.2. The number of esters is 1. The van der Waals surface area contributed by atoms with Gasteiger partial charge in [0.1, 0.15) is 45.2 Å². The molecule has 3 rings (SSSR count). The summed E-state index contributed by atoms with van der Waals surface area (Å²) in [7, 11) is -6.95. The molecular formula is C19H18Cl2N4O9S2. The molecule has 0 spiro atoms. The molecule has 36 heavy (non-hydrogen) atoms. The Kier molecular flexibility index (Phi) is 9.15. The molecule has 0 aliphatic heterocycles. The molecule has 0 bridgehead atoms. The van der Waals surface area contributed by atoms with E-state index >= 15 is 0 Å². The highest BCUT2D eigenvalue weighted by molar-refractivity contribution is 7.92. The Hall–Kier alpha value is -3.53. The Morgan fingerprint density at radius 1 is 0.778 bits per heavy atom. The number of carbonyl (C=O) groups is 1. The topological polar surface area (TPSA) is 205 Å². The molecule has 2 aromatic carbocycles. The Bertz CT molecular complexity index is 1460. The van der Waals surface area contributed by atoms with E-state index in [1.165, 1.54) is 18.2 Å². The van der Waals surface area contributed by atoms with Gasteiger partial charge in [-0.2, -0.15) is 0 Å². The van der Waals surface area contributed by atoms with Crippen molar-refractivity contribution in [3.63, 3.8) is 0 Å². The fourth-order valence-corrected chi connectivity index (χ4v) is 4.02. The molecule has 0 fully saturated rings. The first kappa shape index (κ1) is 28.7. The molecule has 5 N–H and O–H groups in total. The highest BCUT2D eigenvalue weighted by Crippen LogP contribution is 2.28. The second-order valence-corrected chi connectivity index (χ2v) is 11.1. The summed E-state index contributed by atoms with van der Waals surface area (Å²) in [6, 6.07) is 6.94. The SMILES string of the molecule is CS(=O)(=O)Nc1cc(O)cc(O)c1.CS(=O)(=O)Nc1cc(O)cc(OC(=O)c2c(Cl)ncnc2Cl)c1. The van der Waals surface area contributed by atoms with Crippen LogP contribution in [-0.4, -0.2) is 60.6 Å². The molecule has 17 heteroatoms. The number of hydrogen-bond donors (Lipinski definition) is 5. The number of rotatable bonds is 6. The van der Waals surface area contributed by atoms with Crippen LogP contribution in [0.5, 0.6) is 23.0 Å². The Morgan fingerprint density at radius 3 is 1.64 bits per heavy atom. The smallest absolute Gasteiger partial charge is 0.349 e. The number of aromatic nitrogens is 2. The Labute approximate surface area is 215 Å². The first-order valence-corrected chi connectivity index (χ1v) is 13.8. The van der Waals surface area contributed by atoms with Crippen LogP contribution in [0.15, 0.2) is 42.7 Å². The lowest BCUT2D eigenvalue weighted by Gasteiger charge is -2.09. The number of sulfonamides is 2. The van der Waals surface area contributed by atoms with Gasteiger partial charge in [0.2, 0.25) is 20.0 Å². The minimum absolute atomic E-state index is 0.0109. The lowest BCUT2D eigenvalue weighted by molar-refractivity contribution is 0.0734. The lowest BCUT2D eigenvalue weighted by Crippen LogP contribution is -2.12. The van der Waals surface area contributed by atoms with Crippen LogP contribution in [0.2, 0.25) is 10.3 Å². The van der Waals surface area contributed by atoms with E-state index in [4.69, 9.17) is 38.2 Å². The number of ether oxygens (including phenoxy) is 1. The fraction of sp³-hybridized carbons (Fsp3) is 0.105. The molecule has 0 saturated carbocycles. The second kappa shape index (κ2) is 11.5. The highest BCUT2D eigenvalue weighted by atomic mass is 35.5. The van der Waals surface area contributed by atoms with Crippen LogP contribution >= 0.6 is 23.2 Å². The maximum atomic E-state index is 12.1. The van der Waals surface area contributed by atoms with Crippen molar-refractivity contribution in [1.29, 1.82) is 0 Å². The number of nitrogens with one attached hydrogen (secondary N) is 2. The van der Waals surface area contributed by atoms with Gasteiger partial charge in [-0.05, 0) is 0 Å². The third-order valence-corrected chi connectivity index (χ3v) is 5.36. The molecule has 1 heterocycles. The monoisotopic (exact) mass is 580 g/mol. The van der Waals surface area contributed by atoms with Gasteiger partial charge in [-0.15, -0.1) is 0 Å². The van der Waals surface area contributed by atoms with Gasteiger partial charge < -0.3 is 20.1 Å². The average Bonchev–Trinajstić information content (AvgIpc) is 2.64. The average molecular weight is 581 g/mol. The molecular weight excluding hydrogens is 563 g/mol. The zero-order chi connectivity index (χ0) is 27.3. The summed E-state index contributed by atoms with van der Waals surface area (Å²) in [6.07, 6.45) is 2.99. The number of hydrogen-bond acceptors (Lipinski definition) is 11. The van der Waals surface area contributed by atoms with Crippen LogP contribution in [0.25, 0.3) is 0 Å². The van der Waals surface area contributed by atoms with E-state index in [-0.39, 0.29) is 50.2 Å². The number of nitrogens with zero attached hydrogens (tertiary/aromatic N) is 2. The van der Waals surface area contributed by atoms with Crippen molar-refractivity contribution < 1.29 is 41.7 Å². The standard InChI is InChI=1S/C12H9Cl2N3O5S.C7H9NO4S/c1-23(20,21)17-6-2-7(18)4-8(3-6)22-12(19)9-10(13)15-5-16-11(9)14;1-13(11,12)8-5-2-6(9)4-7(10)3-5/h2-5,17-18H,1H3;2-4,8-10H,1H3. The number of anilines is 2. The highest BCUT2D eigenvalue weighted by Gasteiger charge is 2.20. The minimum atomic E-state index is -3.57. The van der Waals surface area contributed by atoms with Gasteiger partial charge in [-0.1, -0.05) is 23.2 Å². The normalized spacial score (nSPS) is 11.1. The number of carbonyl (C=O) groups excluding carboxylic acids is 1. The molecule has 0 aliphatic carbocycles. The predicted molar refractivity (Wildman–Crippen MR) is 132 cm³/mol. The Balaban J connectivity index is 0.000000297. The van der Waals surface area contributed by atoms with E-state index in [1.54, 1.807) is 0 Å². The van der Waals surface area contributed by atoms with Gasteiger partial charge >= 0.3 is 5.97 Å². The van der Waals surface area contributed by atoms with Gasteiger partial charge in [0.25, 0.3) is 0 Å². The molecule has 0 saturated heterocycles. The van der Waals surface area contributed by atoms with Gasteiger partial charge in [0, 0.05) is 36.4 Å². The van der Waals surface area contributed by atoms with Crippen molar-refractivity contribution in [1.82, 2.24) is 9.97 Å². The molecule has 0 amide bonds. The van der Waals surface area contributed by atoms with Crippen LogP contribution in [0.3, 0.4) is 0 Å². The third kappa shape index (κ3) is 9.61. The zero-order valence-electron chi connectivity index (χ0n) is 18.3. The first-order chi connectivity index (χ1) is 16.5. The summed E-state index contributed by atoms with van der Waals surface area (Å²) < 4.78 is 53.2. The molecule has 0 atom stereocenters. The van der Waals surface area contributed by atoms with Gasteiger partial charge in [0.05, 0.1) is 23.9 Å². The summed E-state index contributed by atoms with van der Waals surface area (Å²) in [4.78, 5) is 19.3. The van der Waals surface area contributed by atoms with Crippen molar-refractivity contribution in [2.75, 3.05) is 22.0 Å². The summed E-state index contributed by atoms with van der Waals surface area (Å²) in [5.74, 6) is -1.81. The van der Waals surface area contributed by atoms with Crippen molar-refractivity contribution in [2.45, 2.75) is 0 Å². The molecule has 0 radical (unpaired) electrons. The second-order valence-electron chi connectivity index (χ2n) is 6.92. The molecule has 13 nitrogen and oxygen atoms in total. The van der Waals surface area contributed by atoms with Gasteiger partial charge in [-0.3, -0.25) is 9.44 Å². The van der Waals surface area contributed by atoms with Crippen molar-refractivity contribution in [2.24, 2.45) is 0 Å². The van der Waals surface area contributed by atoms with Crippen LogP contribution in [0.1, 0.15) is 10.4 Å². The van der Waals surface area contributed by atoms with Crippen molar-refractivity contribution in [3.05, 3.63) is 58.6 Å². The number of phenolic OH excluding ortho intramolecular Hbond substituents is 3. The van der Waals surface area contributed by atoms with Crippen LogP contribution in [-0.2, 0) is 20.0 Å². The zero-order valence-corrected chi connectivity index (χ0v) is 21.4. The molecule has 0 unspecified atom stereocenters. The first-order valence-electron chi connectivity index (χ1n) is 9.23. The molecule has 0 aliphatic rings. The number of halogens is 2. The quantitative estimate of drug-likeness (QED) is 0.162. The van der Waals surface area contributed by atoms with E-state index in [0.29, 0.717) is 0 Å². The molecule has 1 aromatic heterocycles. The number of phenols is 3. The van der Waals surface area contributed by atoms with E-state index < -0.39 is 26.0 Å². The van der Waals surface area contributed by atoms with E-state index in [2.05, 4.69) is 19.4 Å². The minimum Gasteiger partial charge on any atom is -0.508 e. The van der Waals surface area contributed by atoms with Crippen LogP contribution in [0, 0.1) is 0 Å². The Morgan fingerprint density at radius 2 is 1.19 bits per heavy atom. The number of benzene rings is 2. The van der Waals surface area contributed by atoms with Crippen molar-refractivity contribution in [3.8, 4) is 23.0 Å². The van der Waals surface area contributed by atoms with Gasteiger partial charge in [-0.25, -0.2) is 31.6 Å². The molecule has 194 valence electrons. The summed E-state index contributed by atoms with van der Waals surface area (Å²) >= 11 is 11.5. The van der Waals surface area contributed by atoms with Crippen molar-refractivity contribution >= 4 is 60.6 Å². The third-order valence-electron chi connectivity index (χ3n) is 3.57. The maximum absolute atomic E-state index is 12.1. The van der Waals surface area contributed by atoms with Gasteiger partial charge in [0.15, 0.2) is 0 Å². The van der Waals surface area contributed by atoms with E-state index in [1.807, 2.05) is 0 Å². The van der Waals surface area contributed by atoms with Crippen LogP contribution in [0.4, 0.5) is 11.4 Å².